The van der Waals surface area contributed by atoms with E-state index < -0.39 is 0 Å². The predicted octanol–water partition coefficient (Wildman–Crippen LogP) is 2.63. The summed E-state index contributed by atoms with van der Waals surface area (Å²) in [5.41, 5.74) is 3.08. The van der Waals surface area contributed by atoms with Gasteiger partial charge in [-0.25, -0.2) is 4.98 Å². The molecule has 3 rings (SSSR count). The number of aromatic nitrogens is 2. The zero-order valence-corrected chi connectivity index (χ0v) is 15.3. The van der Waals surface area contributed by atoms with Crippen molar-refractivity contribution < 1.29 is 14.3 Å². The van der Waals surface area contributed by atoms with Crippen molar-refractivity contribution in [3.63, 3.8) is 0 Å². The normalized spacial score (nSPS) is 10.7. The largest absolute Gasteiger partial charge is 0.497 e. The molecule has 0 saturated heterocycles. The summed E-state index contributed by atoms with van der Waals surface area (Å²) in [7, 11) is 3.61. The zero-order chi connectivity index (χ0) is 18.5. The quantitative estimate of drug-likeness (QED) is 0.709. The second-order valence-corrected chi connectivity index (χ2v) is 6.14. The second-order valence-electron chi connectivity index (χ2n) is 6.14. The number of carbonyl (C=O) groups is 1. The van der Waals surface area contributed by atoms with Crippen LogP contribution in [0, 0.1) is 6.92 Å². The summed E-state index contributed by atoms with van der Waals surface area (Å²) >= 11 is 0. The van der Waals surface area contributed by atoms with Crippen LogP contribution in [0.4, 0.5) is 0 Å². The van der Waals surface area contributed by atoms with Crippen molar-refractivity contribution in [2.75, 3.05) is 20.3 Å². The van der Waals surface area contributed by atoms with Crippen molar-refractivity contribution in [3.8, 4) is 11.5 Å². The molecule has 136 valence electrons. The van der Waals surface area contributed by atoms with Crippen LogP contribution in [0.1, 0.15) is 11.4 Å². The van der Waals surface area contributed by atoms with E-state index in [1.54, 1.807) is 7.11 Å². The van der Waals surface area contributed by atoms with Gasteiger partial charge in [0.15, 0.2) is 6.61 Å². The van der Waals surface area contributed by atoms with Crippen LogP contribution in [-0.2, 0) is 18.3 Å². The maximum absolute atomic E-state index is 11.9. The summed E-state index contributed by atoms with van der Waals surface area (Å²) < 4.78 is 12.7. The Balaban J connectivity index is 1.51. The average molecular weight is 353 g/mol. The number of hydrogen-bond acceptors (Lipinski definition) is 4. The van der Waals surface area contributed by atoms with Crippen LogP contribution < -0.4 is 14.8 Å². The third-order valence-electron chi connectivity index (χ3n) is 4.24. The number of hydrogen-bond donors (Lipinski definition) is 1. The van der Waals surface area contributed by atoms with Gasteiger partial charge in [-0.15, -0.1) is 0 Å². The monoisotopic (exact) mass is 353 g/mol. The molecule has 3 aromatic rings. The van der Waals surface area contributed by atoms with E-state index in [-0.39, 0.29) is 12.5 Å². The van der Waals surface area contributed by atoms with Gasteiger partial charge in [0.1, 0.15) is 17.3 Å². The Bertz CT molecular complexity index is 901. The molecule has 0 atom stereocenters. The first kappa shape index (κ1) is 17.8. The lowest BCUT2D eigenvalue weighted by atomic mass is 10.2. The first-order valence-electron chi connectivity index (χ1n) is 8.52. The van der Waals surface area contributed by atoms with Crippen LogP contribution in [0.25, 0.3) is 11.0 Å². The number of imidazole rings is 1. The fourth-order valence-corrected chi connectivity index (χ4v) is 2.73. The molecule has 0 aliphatic heterocycles. The van der Waals surface area contributed by atoms with Gasteiger partial charge in [0.25, 0.3) is 5.91 Å². The molecule has 0 aliphatic carbocycles. The first-order chi connectivity index (χ1) is 12.6. The van der Waals surface area contributed by atoms with Crippen molar-refractivity contribution in [1.29, 1.82) is 0 Å². The third-order valence-corrected chi connectivity index (χ3v) is 4.24. The fourth-order valence-electron chi connectivity index (χ4n) is 2.73. The van der Waals surface area contributed by atoms with Gasteiger partial charge in [-0.3, -0.25) is 4.79 Å². The molecule has 1 amide bonds. The predicted molar refractivity (Wildman–Crippen MR) is 101 cm³/mol. The smallest absolute Gasteiger partial charge is 0.257 e. The molecule has 1 N–H and O–H groups in total. The number of methoxy groups -OCH3 is 1. The number of amides is 1. The summed E-state index contributed by atoms with van der Waals surface area (Å²) in [6, 6.07) is 13.4. The lowest BCUT2D eigenvalue weighted by Gasteiger charge is -2.08. The summed E-state index contributed by atoms with van der Waals surface area (Å²) in [6.07, 6.45) is 0.643. The van der Waals surface area contributed by atoms with E-state index >= 15 is 0 Å². The number of nitrogens with one attached hydrogen (secondary N) is 1. The van der Waals surface area contributed by atoms with Crippen LogP contribution in [0.15, 0.2) is 42.5 Å². The molecule has 26 heavy (non-hydrogen) atoms. The first-order valence-corrected chi connectivity index (χ1v) is 8.52. The Morgan fingerprint density at radius 2 is 1.88 bits per heavy atom. The van der Waals surface area contributed by atoms with Crippen LogP contribution in [0.2, 0.25) is 0 Å². The van der Waals surface area contributed by atoms with Crippen LogP contribution >= 0.6 is 0 Å². The molecule has 2 aromatic carbocycles. The van der Waals surface area contributed by atoms with Crippen molar-refractivity contribution in [2.24, 2.45) is 7.05 Å². The molecule has 0 unspecified atom stereocenters. The van der Waals surface area contributed by atoms with E-state index in [1.165, 1.54) is 0 Å². The van der Waals surface area contributed by atoms with Gasteiger partial charge in [-0.05, 0) is 31.2 Å². The van der Waals surface area contributed by atoms with E-state index in [2.05, 4.69) is 10.3 Å². The molecule has 0 radical (unpaired) electrons. The van der Waals surface area contributed by atoms with E-state index in [1.807, 2.05) is 61.0 Å². The molecule has 6 nitrogen and oxygen atoms in total. The van der Waals surface area contributed by atoms with Crippen LogP contribution in [-0.4, -0.2) is 35.7 Å². The van der Waals surface area contributed by atoms with E-state index in [0.29, 0.717) is 18.7 Å². The fraction of sp³-hybridized carbons (Fsp3) is 0.300. The number of nitrogens with zero attached hydrogens (tertiary/aromatic N) is 2. The highest BCUT2D eigenvalue weighted by molar-refractivity contribution is 5.78. The number of benzene rings is 2. The summed E-state index contributed by atoms with van der Waals surface area (Å²) in [5, 5.41) is 2.86. The molecule has 0 bridgehead atoms. The maximum Gasteiger partial charge on any atom is 0.257 e. The SMILES string of the molecule is COc1ccc2c(c1)nc(CCNC(=O)COc1ccc(C)cc1)n2C. The van der Waals surface area contributed by atoms with E-state index in [0.717, 1.165) is 28.2 Å². The van der Waals surface area contributed by atoms with Gasteiger partial charge in [0, 0.05) is 26.1 Å². The van der Waals surface area contributed by atoms with E-state index in [4.69, 9.17) is 9.47 Å². The van der Waals surface area contributed by atoms with E-state index in [9.17, 15) is 4.79 Å². The molecular weight excluding hydrogens is 330 g/mol. The number of carbonyl (C=O) groups excluding carboxylic acids is 1. The van der Waals surface area contributed by atoms with Crippen molar-refractivity contribution in [2.45, 2.75) is 13.3 Å². The lowest BCUT2D eigenvalue weighted by Crippen LogP contribution is -2.31. The molecule has 1 heterocycles. The lowest BCUT2D eigenvalue weighted by molar-refractivity contribution is -0.123. The highest BCUT2D eigenvalue weighted by Gasteiger charge is 2.09. The molecule has 0 spiro atoms. The minimum Gasteiger partial charge on any atom is -0.497 e. The summed E-state index contributed by atoms with van der Waals surface area (Å²) in [6.45, 7) is 2.51. The molecular formula is C20H23N3O3. The van der Waals surface area contributed by atoms with Gasteiger partial charge >= 0.3 is 0 Å². The molecule has 0 fully saturated rings. The summed E-state index contributed by atoms with van der Waals surface area (Å²) in [5.74, 6) is 2.23. The van der Waals surface area contributed by atoms with Crippen molar-refractivity contribution >= 4 is 16.9 Å². The minimum atomic E-state index is -0.147. The Morgan fingerprint density at radius 3 is 2.62 bits per heavy atom. The van der Waals surface area contributed by atoms with Crippen molar-refractivity contribution in [3.05, 3.63) is 53.9 Å². The van der Waals surface area contributed by atoms with Gasteiger partial charge < -0.3 is 19.4 Å². The molecule has 0 saturated carbocycles. The Hall–Kier alpha value is -3.02. The molecule has 0 aliphatic rings. The Labute approximate surface area is 152 Å². The highest BCUT2D eigenvalue weighted by atomic mass is 16.5. The van der Waals surface area contributed by atoms with Crippen LogP contribution in [0.5, 0.6) is 11.5 Å². The maximum atomic E-state index is 11.9. The molecule has 6 heteroatoms. The van der Waals surface area contributed by atoms with Gasteiger partial charge in [-0.1, -0.05) is 17.7 Å². The third kappa shape index (κ3) is 4.14. The van der Waals surface area contributed by atoms with Gasteiger partial charge in [-0.2, -0.15) is 0 Å². The minimum absolute atomic E-state index is 0.00278. The number of aryl methyl sites for hydroxylation is 2. The topological polar surface area (TPSA) is 65.4 Å². The van der Waals surface area contributed by atoms with Gasteiger partial charge in [0.05, 0.1) is 18.1 Å². The number of fused-ring (bicyclic) bond motifs is 1. The zero-order valence-electron chi connectivity index (χ0n) is 15.3. The second kappa shape index (κ2) is 7.91. The Morgan fingerprint density at radius 1 is 1.15 bits per heavy atom. The highest BCUT2D eigenvalue weighted by Crippen LogP contribution is 2.21. The van der Waals surface area contributed by atoms with Crippen LogP contribution in [0.3, 0.4) is 0 Å². The van der Waals surface area contributed by atoms with Crippen molar-refractivity contribution in [1.82, 2.24) is 14.9 Å². The molecule has 1 aromatic heterocycles. The number of rotatable bonds is 7. The average Bonchev–Trinajstić information content (AvgIpc) is 2.96. The summed E-state index contributed by atoms with van der Waals surface area (Å²) in [4.78, 5) is 16.6. The number of ether oxygens (including phenoxy) is 2. The Kier molecular flexibility index (Phi) is 5.41. The standard InChI is InChI=1S/C20H23N3O3/c1-14-4-6-15(7-5-14)26-13-20(24)21-11-10-19-22-17-12-16(25-3)8-9-18(17)23(19)2/h4-9,12H,10-11,13H2,1-3H3,(H,21,24). The van der Waals surface area contributed by atoms with Gasteiger partial charge in [0.2, 0.25) is 0 Å².